The molecule has 0 spiro atoms. The second-order valence-electron chi connectivity index (χ2n) is 6.85. The number of nitrogens with zero attached hydrogens (tertiary/aromatic N) is 2. The van der Waals surface area contributed by atoms with Crippen molar-refractivity contribution in [3.63, 3.8) is 0 Å². The number of hydrogen-bond donors (Lipinski definition) is 2. The van der Waals surface area contributed by atoms with Gasteiger partial charge in [0, 0.05) is 26.2 Å². The number of halogens is 4. The molecule has 0 radical (unpaired) electrons. The Kier molecular flexibility index (Phi) is 10.4. The Bertz CT molecular complexity index is 610. The first-order chi connectivity index (χ1) is 12.8. The van der Waals surface area contributed by atoms with Crippen molar-refractivity contribution in [2.45, 2.75) is 31.5 Å². The third-order valence-electron chi connectivity index (χ3n) is 4.92. The fraction of sp³-hybridized carbons (Fsp3) is 0.632. The molecule has 0 amide bonds. The van der Waals surface area contributed by atoms with Gasteiger partial charge < -0.3 is 15.4 Å². The predicted molar refractivity (Wildman–Crippen MR) is 117 cm³/mol. The van der Waals surface area contributed by atoms with Crippen LogP contribution < -0.4 is 15.4 Å². The van der Waals surface area contributed by atoms with E-state index in [1.165, 1.54) is 5.56 Å². The van der Waals surface area contributed by atoms with Gasteiger partial charge in [-0.25, -0.2) is 0 Å². The second kappa shape index (κ2) is 11.7. The molecular formula is C19H30F3IN4O. The van der Waals surface area contributed by atoms with E-state index in [2.05, 4.69) is 39.7 Å². The van der Waals surface area contributed by atoms with Crippen LogP contribution in [0.15, 0.2) is 29.3 Å². The summed E-state index contributed by atoms with van der Waals surface area (Å²) in [6.07, 6.45) is -2.91. The van der Waals surface area contributed by atoms with E-state index in [0.717, 1.165) is 25.1 Å². The zero-order valence-electron chi connectivity index (χ0n) is 16.6. The largest absolute Gasteiger partial charge is 0.497 e. The molecule has 2 rings (SSSR count). The van der Waals surface area contributed by atoms with Gasteiger partial charge in [-0.15, -0.1) is 24.0 Å². The van der Waals surface area contributed by atoms with E-state index >= 15 is 0 Å². The Morgan fingerprint density at radius 1 is 1.25 bits per heavy atom. The molecule has 1 fully saturated rings. The van der Waals surface area contributed by atoms with Gasteiger partial charge in [-0.05, 0) is 50.0 Å². The van der Waals surface area contributed by atoms with Crippen LogP contribution in [0.25, 0.3) is 0 Å². The summed E-state index contributed by atoms with van der Waals surface area (Å²) in [6.45, 7) is 1.48. The van der Waals surface area contributed by atoms with Crippen LogP contribution in [0.1, 0.15) is 30.9 Å². The monoisotopic (exact) mass is 514 g/mol. The molecule has 0 saturated carbocycles. The van der Waals surface area contributed by atoms with Crippen molar-refractivity contribution < 1.29 is 17.9 Å². The first kappa shape index (κ1) is 24.8. The summed E-state index contributed by atoms with van der Waals surface area (Å²) >= 11 is 0. The highest BCUT2D eigenvalue weighted by molar-refractivity contribution is 14.0. The van der Waals surface area contributed by atoms with Gasteiger partial charge in [0.15, 0.2) is 5.96 Å². The molecule has 0 aromatic heterocycles. The number of ether oxygens (including phenoxy) is 1. The third-order valence-corrected chi connectivity index (χ3v) is 4.92. The Morgan fingerprint density at radius 3 is 2.50 bits per heavy atom. The van der Waals surface area contributed by atoms with Gasteiger partial charge in [-0.1, -0.05) is 12.1 Å². The number of hydrogen-bond acceptors (Lipinski definition) is 3. The van der Waals surface area contributed by atoms with Crippen LogP contribution in [0.4, 0.5) is 13.2 Å². The number of aliphatic imine (C=N–C) groups is 1. The van der Waals surface area contributed by atoms with E-state index in [9.17, 15) is 13.2 Å². The zero-order chi connectivity index (χ0) is 19.9. The fourth-order valence-corrected chi connectivity index (χ4v) is 3.57. The van der Waals surface area contributed by atoms with E-state index in [0.29, 0.717) is 18.4 Å². The molecule has 2 unspecified atom stereocenters. The number of benzene rings is 1. The molecule has 1 heterocycles. The van der Waals surface area contributed by atoms with Crippen molar-refractivity contribution in [3.8, 4) is 5.75 Å². The van der Waals surface area contributed by atoms with E-state index in [4.69, 9.17) is 4.74 Å². The number of alkyl halides is 3. The molecule has 28 heavy (non-hydrogen) atoms. The van der Waals surface area contributed by atoms with Crippen molar-refractivity contribution in [2.75, 3.05) is 40.8 Å². The number of nitrogens with one attached hydrogen (secondary N) is 2. The van der Waals surface area contributed by atoms with Gasteiger partial charge in [0.25, 0.3) is 0 Å². The fourth-order valence-electron chi connectivity index (χ4n) is 3.57. The minimum absolute atomic E-state index is 0. The van der Waals surface area contributed by atoms with Crippen molar-refractivity contribution in [1.82, 2.24) is 15.5 Å². The summed E-state index contributed by atoms with van der Waals surface area (Å²) in [5.41, 5.74) is 1.21. The maximum absolute atomic E-state index is 12.3. The van der Waals surface area contributed by atoms with Crippen LogP contribution in [0.5, 0.6) is 5.75 Å². The topological polar surface area (TPSA) is 48.9 Å². The molecule has 9 heteroatoms. The quantitative estimate of drug-likeness (QED) is 0.345. The van der Waals surface area contributed by atoms with Crippen LogP contribution in [0, 0.1) is 5.92 Å². The third kappa shape index (κ3) is 7.65. The normalized spacial score (nSPS) is 21.0. The number of guanidine groups is 1. The maximum atomic E-state index is 12.3. The summed E-state index contributed by atoms with van der Waals surface area (Å²) < 4.78 is 42.2. The van der Waals surface area contributed by atoms with Gasteiger partial charge in [-0.3, -0.25) is 9.89 Å². The zero-order valence-corrected chi connectivity index (χ0v) is 18.9. The van der Waals surface area contributed by atoms with Crippen LogP contribution in [-0.4, -0.2) is 57.9 Å². The predicted octanol–water partition coefficient (Wildman–Crippen LogP) is 3.81. The van der Waals surface area contributed by atoms with Crippen LogP contribution in [-0.2, 0) is 0 Å². The molecule has 1 aliphatic heterocycles. The summed E-state index contributed by atoms with van der Waals surface area (Å²) in [7, 11) is 5.32. The molecule has 1 aromatic rings. The van der Waals surface area contributed by atoms with Crippen LogP contribution in [0.3, 0.4) is 0 Å². The summed E-state index contributed by atoms with van der Waals surface area (Å²) in [5, 5.41) is 5.92. The van der Waals surface area contributed by atoms with Crippen molar-refractivity contribution in [3.05, 3.63) is 29.8 Å². The molecule has 0 aliphatic carbocycles. The SMILES string of the molecule is CN=C(NCCC(F)(F)F)NCC1CCCN(C)C1c1ccc(OC)cc1.I. The van der Waals surface area contributed by atoms with Gasteiger partial charge >= 0.3 is 6.18 Å². The van der Waals surface area contributed by atoms with Crippen molar-refractivity contribution in [2.24, 2.45) is 10.9 Å². The van der Waals surface area contributed by atoms with Gasteiger partial charge in [-0.2, -0.15) is 13.2 Å². The van der Waals surface area contributed by atoms with Crippen LogP contribution >= 0.6 is 24.0 Å². The second-order valence-corrected chi connectivity index (χ2v) is 6.85. The lowest BCUT2D eigenvalue weighted by molar-refractivity contribution is -0.132. The first-order valence-electron chi connectivity index (χ1n) is 9.19. The minimum atomic E-state index is -4.17. The molecule has 1 aromatic carbocycles. The Labute approximate surface area is 182 Å². The minimum Gasteiger partial charge on any atom is -0.497 e. The standard InChI is InChI=1S/C19H29F3N4O.HI/c1-23-18(24-11-10-19(20,21)22)25-13-15-5-4-12-26(2)17(15)14-6-8-16(27-3)9-7-14;/h6-9,15,17H,4-5,10-13H2,1-3H3,(H2,23,24,25);1H. The molecule has 5 nitrogen and oxygen atoms in total. The number of methoxy groups -OCH3 is 1. The van der Waals surface area contributed by atoms with Gasteiger partial charge in [0.05, 0.1) is 13.5 Å². The number of likely N-dealkylation sites (tertiary alicyclic amines) is 1. The van der Waals surface area contributed by atoms with E-state index in [1.807, 2.05) is 12.1 Å². The van der Waals surface area contributed by atoms with Crippen molar-refractivity contribution in [1.29, 1.82) is 0 Å². The first-order valence-corrected chi connectivity index (χ1v) is 9.19. The average Bonchev–Trinajstić information content (AvgIpc) is 2.64. The molecule has 2 atom stereocenters. The van der Waals surface area contributed by atoms with E-state index in [-0.39, 0.29) is 36.6 Å². The lowest BCUT2D eigenvalue weighted by atomic mass is 9.85. The lowest BCUT2D eigenvalue weighted by Crippen LogP contribution is -2.45. The highest BCUT2D eigenvalue weighted by Crippen LogP contribution is 2.35. The summed E-state index contributed by atoms with van der Waals surface area (Å²) in [6, 6.07) is 8.31. The average molecular weight is 514 g/mol. The Hall–Kier alpha value is -1.23. The van der Waals surface area contributed by atoms with E-state index < -0.39 is 12.6 Å². The molecule has 1 aliphatic rings. The maximum Gasteiger partial charge on any atom is 0.390 e. The van der Waals surface area contributed by atoms with E-state index in [1.54, 1.807) is 14.2 Å². The van der Waals surface area contributed by atoms with Gasteiger partial charge in [0.2, 0.25) is 0 Å². The highest BCUT2D eigenvalue weighted by Gasteiger charge is 2.31. The smallest absolute Gasteiger partial charge is 0.390 e. The van der Waals surface area contributed by atoms with Gasteiger partial charge in [0.1, 0.15) is 5.75 Å². The molecular weight excluding hydrogens is 484 g/mol. The lowest BCUT2D eigenvalue weighted by Gasteiger charge is -2.40. The summed E-state index contributed by atoms with van der Waals surface area (Å²) in [4.78, 5) is 6.36. The van der Waals surface area contributed by atoms with Crippen LogP contribution in [0.2, 0.25) is 0 Å². The van der Waals surface area contributed by atoms with Crippen molar-refractivity contribution >= 4 is 29.9 Å². The number of piperidine rings is 1. The molecule has 160 valence electrons. The highest BCUT2D eigenvalue weighted by atomic mass is 127. The molecule has 0 bridgehead atoms. The number of rotatable bonds is 6. The Balaban J connectivity index is 0.00000392. The summed E-state index contributed by atoms with van der Waals surface area (Å²) in [5.74, 6) is 1.56. The molecule has 1 saturated heterocycles. The molecule has 2 N–H and O–H groups in total. The Morgan fingerprint density at radius 2 is 1.93 bits per heavy atom.